The van der Waals surface area contributed by atoms with Gasteiger partial charge >= 0.3 is 12.0 Å². The van der Waals surface area contributed by atoms with Crippen molar-refractivity contribution in [2.45, 2.75) is 0 Å². The molecule has 88 valence electrons. The third-order valence-electron chi connectivity index (χ3n) is 1.95. The van der Waals surface area contributed by atoms with Crippen molar-refractivity contribution in [3.63, 3.8) is 0 Å². The van der Waals surface area contributed by atoms with E-state index in [0.29, 0.717) is 5.02 Å². The van der Waals surface area contributed by atoms with Gasteiger partial charge in [0.1, 0.15) is 17.6 Å². The number of carboxylic acids is 1. The van der Waals surface area contributed by atoms with Crippen molar-refractivity contribution in [2.75, 3.05) is 0 Å². The lowest BCUT2D eigenvalue weighted by Gasteiger charge is -2.05. The zero-order valence-corrected chi connectivity index (χ0v) is 9.55. The Bertz CT molecular complexity index is 568. The lowest BCUT2D eigenvalue weighted by Crippen LogP contribution is -2.00. The lowest BCUT2D eigenvalue weighted by atomic mass is 10.2. The second kappa shape index (κ2) is 4.42. The van der Waals surface area contributed by atoms with Crippen molar-refractivity contribution in [3.8, 4) is 11.8 Å². The maximum absolute atomic E-state index is 11.0. The molecule has 0 saturated carbocycles. The van der Waals surface area contributed by atoms with Crippen molar-refractivity contribution in [1.82, 2.24) is 14.8 Å². The number of aromatic carboxylic acids is 1. The van der Waals surface area contributed by atoms with Crippen LogP contribution >= 0.6 is 11.6 Å². The van der Waals surface area contributed by atoms with Gasteiger partial charge in [0.25, 0.3) is 0 Å². The Morgan fingerprint density at radius 1 is 1.53 bits per heavy atom. The van der Waals surface area contributed by atoms with Gasteiger partial charge in [0.05, 0.1) is 0 Å². The van der Waals surface area contributed by atoms with E-state index in [2.05, 4.69) is 10.1 Å². The summed E-state index contributed by atoms with van der Waals surface area (Å²) in [4.78, 5) is 14.8. The van der Waals surface area contributed by atoms with E-state index >= 15 is 0 Å². The fraction of sp³-hybridized carbons (Fsp3) is 0.100. The van der Waals surface area contributed by atoms with Crippen LogP contribution in [0.25, 0.3) is 0 Å². The summed E-state index contributed by atoms with van der Waals surface area (Å²) in [5.74, 6) is -0.996. The molecule has 1 heterocycles. The van der Waals surface area contributed by atoms with Gasteiger partial charge in [0.15, 0.2) is 0 Å². The minimum atomic E-state index is -1.10. The second-order valence-corrected chi connectivity index (χ2v) is 3.68. The molecule has 7 heteroatoms. The molecule has 0 spiro atoms. The summed E-state index contributed by atoms with van der Waals surface area (Å²) in [5, 5.41) is 13.2. The highest BCUT2D eigenvalue weighted by molar-refractivity contribution is 6.30. The SMILES string of the molecule is Cn1cnc(Oc2cc(Cl)ccc2C(=O)O)n1. The first-order valence-corrected chi connectivity index (χ1v) is 5.00. The van der Waals surface area contributed by atoms with Gasteiger partial charge < -0.3 is 9.84 Å². The van der Waals surface area contributed by atoms with E-state index in [0.717, 1.165) is 0 Å². The molecule has 2 aromatic rings. The molecule has 0 atom stereocenters. The van der Waals surface area contributed by atoms with Crippen LogP contribution in [0.5, 0.6) is 11.8 Å². The smallest absolute Gasteiger partial charge is 0.341 e. The van der Waals surface area contributed by atoms with Crippen molar-refractivity contribution in [2.24, 2.45) is 7.05 Å². The van der Waals surface area contributed by atoms with Gasteiger partial charge in [-0.3, -0.25) is 4.68 Å². The number of nitrogens with zero attached hydrogens (tertiary/aromatic N) is 3. The van der Waals surface area contributed by atoms with Gasteiger partial charge in [-0.15, -0.1) is 5.10 Å². The van der Waals surface area contributed by atoms with E-state index in [-0.39, 0.29) is 17.3 Å². The fourth-order valence-corrected chi connectivity index (χ4v) is 1.38. The Kier molecular flexibility index (Phi) is 2.97. The Morgan fingerprint density at radius 3 is 2.88 bits per heavy atom. The molecule has 1 N–H and O–H groups in total. The number of hydrogen-bond donors (Lipinski definition) is 1. The predicted molar refractivity (Wildman–Crippen MR) is 59.5 cm³/mol. The molecule has 0 fully saturated rings. The van der Waals surface area contributed by atoms with E-state index in [9.17, 15) is 4.79 Å². The second-order valence-electron chi connectivity index (χ2n) is 3.25. The van der Waals surface area contributed by atoms with Crippen LogP contribution in [0, 0.1) is 0 Å². The first-order chi connectivity index (χ1) is 8.06. The number of benzene rings is 1. The first-order valence-electron chi connectivity index (χ1n) is 4.62. The maximum Gasteiger partial charge on any atom is 0.341 e. The summed E-state index contributed by atoms with van der Waals surface area (Å²) < 4.78 is 6.71. The van der Waals surface area contributed by atoms with Gasteiger partial charge in [-0.05, 0) is 12.1 Å². The normalized spacial score (nSPS) is 10.2. The van der Waals surface area contributed by atoms with E-state index in [1.165, 1.54) is 29.2 Å². The summed E-state index contributed by atoms with van der Waals surface area (Å²) in [6.45, 7) is 0. The average Bonchev–Trinajstić information content (AvgIpc) is 2.63. The fourth-order valence-electron chi connectivity index (χ4n) is 1.22. The molecular weight excluding hydrogens is 246 g/mol. The minimum absolute atomic E-state index is 0.00172. The van der Waals surface area contributed by atoms with Gasteiger partial charge in [-0.25, -0.2) is 4.79 Å². The van der Waals surface area contributed by atoms with Gasteiger partial charge in [0, 0.05) is 18.1 Å². The largest absolute Gasteiger partial charge is 0.478 e. The third kappa shape index (κ3) is 2.54. The number of carbonyl (C=O) groups is 1. The molecule has 0 aliphatic heterocycles. The topological polar surface area (TPSA) is 77.2 Å². The summed E-state index contributed by atoms with van der Waals surface area (Å²) in [6, 6.07) is 4.31. The quantitative estimate of drug-likeness (QED) is 0.905. The molecule has 0 aliphatic rings. The zero-order valence-electron chi connectivity index (χ0n) is 8.79. The van der Waals surface area contributed by atoms with Crippen LogP contribution in [0.4, 0.5) is 0 Å². The van der Waals surface area contributed by atoms with Crippen LogP contribution in [-0.2, 0) is 7.05 Å². The van der Waals surface area contributed by atoms with Gasteiger partial charge in [0.2, 0.25) is 0 Å². The van der Waals surface area contributed by atoms with Crippen LogP contribution in [0.15, 0.2) is 24.5 Å². The molecule has 0 radical (unpaired) electrons. The standard InChI is InChI=1S/C10H8ClN3O3/c1-14-5-12-10(13-14)17-8-4-6(11)2-3-7(8)9(15)16/h2-5H,1H3,(H,15,16). The molecular formula is C10H8ClN3O3. The average molecular weight is 254 g/mol. The third-order valence-corrected chi connectivity index (χ3v) is 2.19. The highest BCUT2D eigenvalue weighted by Crippen LogP contribution is 2.26. The van der Waals surface area contributed by atoms with Crippen LogP contribution in [0.2, 0.25) is 5.02 Å². The molecule has 17 heavy (non-hydrogen) atoms. The van der Waals surface area contributed by atoms with Crippen LogP contribution in [-0.4, -0.2) is 25.8 Å². The van der Waals surface area contributed by atoms with Gasteiger partial charge in [-0.2, -0.15) is 4.98 Å². The summed E-state index contributed by atoms with van der Waals surface area (Å²) in [5.41, 5.74) is 0.00172. The highest BCUT2D eigenvalue weighted by atomic mass is 35.5. The zero-order chi connectivity index (χ0) is 12.4. The minimum Gasteiger partial charge on any atom is -0.478 e. The van der Waals surface area contributed by atoms with Crippen LogP contribution in [0.3, 0.4) is 0 Å². The van der Waals surface area contributed by atoms with Gasteiger partial charge in [-0.1, -0.05) is 11.6 Å². The Morgan fingerprint density at radius 2 is 2.29 bits per heavy atom. The van der Waals surface area contributed by atoms with Crippen LogP contribution < -0.4 is 4.74 Å². The highest BCUT2D eigenvalue weighted by Gasteiger charge is 2.14. The Hall–Kier alpha value is -2.08. The number of aromatic nitrogens is 3. The van der Waals surface area contributed by atoms with Crippen molar-refractivity contribution in [1.29, 1.82) is 0 Å². The lowest BCUT2D eigenvalue weighted by molar-refractivity contribution is 0.0694. The molecule has 0 bridgehead atoms. The molecule has 0 unspecified atom stereocenters. The number of halogens is 1. The molecule has 0 aliphatic carbocycles. The van der Waals surface area contributed by atoms with Crippen molar-refractivity contribution in [3.05, 3.63) is 35.1 Å². The molecule has 6 nitrogen and oxygen atoms in total. The molecule has 0 amide bonds. The summed E-state index contributed by atoms with van der Waals surface area (Å²) >= 11 is 5.77. The summed E-state index contributed by atoms with van der Waals surface area (Å²) in [6.07, 6.45) is 1.44. The summed E-state index contributed by atoms with van der Waals surface area (Å²) in [7, 11) is 1.68. The number of ether oxygens (including phenoxy) is 1. The van der Waals surface area contributed by atoms with E-state index in [1.807, 2.05) is 0 Å². The molecule has 1 aromatic carbocycles. The number of rotatable bonds is 3. The monoisotopic (exact) mass is 253 g/mol. The van der Waals surface area contributed by atoms with Crippen molar-refractivity contribution >= 4 is 17.6 Å². The Labute approximate surface area is 101 Å². The Balaban J connectivity index is 2.37. The first kappa shape index (κ1) is 11.4. The number of carboxylic acid groups (broad SMARTS) is 1. The predicted octanol–water partition coefficient (Wildman–Crippen LogP) is 1.96. The molecule has 0 saturated heterocycles. The van der Waals surface area contributed by atoms with Crippen molar-refractivity contribution < 1.29 is 14.6 Å². The number of hydrogen-bond acceptors (Lipinski definition) is 4. The van der Waals surface area contributed by atoms with E-state index < -0.39 is 5.97 Å². The molecule has 1 aromatic heterocycles. The van der Waals surface area contributed by atoms with Crippen LogP contribution in [0.1, 0.15) is 10.4 Å². The van der Waals surface area contributed by atoms with E-state index in [4.69, 9.17) is 21.4 Å². The number of aryl methyl sites for hydroxylation is 1. The molecule has 2 rings (SSSR count). The van der Waals surface area contributed by atoms with E-state index in [1.54, 1.807) is 7.05 Å². The maximum atomic E-state index is 11.0.